The van der Waals surface area contributed by atoms with Crippen LogP contribution in [0.1, 0.15) is 18.0 Å². The third-order valence-corrected chi connectivity index (χ3v) is 3.66. The largest absolute Gasteiger partial charge is 0.490 e. The van der Waals surface area contributed by atoms with Crippen LogP contribution in [0.3, 0.4) is 0 Å². The molecule has 0 saturated carbocycles. The second-order valence-corrected chi connectivity index (χ2v) is 4.85. The lowest BCUT2D eigenvalue weighted by Crippen LogP contribution is -2.45. The number of methoxy groups -OCH3 is 1. The summed E-state index contributed by atoms with van der Waals surface area (Å²) < 4.78 is 5.02. The van der Waals surface area contributed by atoms with Crippen LogP contribution in [0.15, 0.2) is 18.2 Å². The Hall–Kier alpha value is -2.17. The molecule has 112 valence electrons. The van der Waals surface area contributed by atoms with Crippen LogP contribution in [-0.4, -0.2) is 43.1 Å². The molecule has 2 rings (SSSR count). The quantitative estimate of drug-likeness (QED) is 0.652. The zero-order valence-electron chi connectivity index (χ0n) is 11.9. The number of hydrogen-bond donors (Lipinski definition) is 1. The molecule has 1 aliphatic rings. The van der Waals surface area contributed by atoms with Crippen molar-refractivity contribution in [3.63, 3.8) is 0 Å². The standard InChI is InChI=1S/C14H18N4O3/c1-21-14-3-2-11(10-13(14)18(19)20)12(4-5-15)17-8-6-16-7-9-17/h2-3,10,12,16H,4,6-9H2,1H3/t12-/m1/s1. The maximum absolute atomic E-state index is 11.1. The number of hydrogen-bond acceptors (Lipinski definition) is 6. The predicted molar refractivity (Wildman–Crippen MR) is 77.1 cm³/mol. The molecule has 0 bridgehead atoms. The predicted octanol–water partition coefficient (Wildman–Crippen LogP) is 1.46. The van der Waals surface area contributed by atoms with E-state index < -0.39 is 4.92 Å². The average Bonchev–Trinajstić information content (AvgIpc) is 2.52. The van der Waals surface area contributed by atoms with Crippen LogP contribution in [-0.2, 0) is 0 Å². The highest BCUT2D eigenvalue weighted by molar-refractivity contribution is 5.49. The first kappa shape index (κ1) is 15.2. The highest BCUT2D eigenvalue weighted by Crippen LogP contribution is 2.33. The Morgan fingerprint density at radius 2 is 2.24 bits per heavy atom. The minimum Gasteiger partial charge on any atom is -0.490 e. The van der Waals surface area contributed by atoms with Crippen LogP contribution in [0.4, 0.5) is 5.69 Å². The highest BCUT2D eigenvalue weighted by Gasteiger charge is 2.25. The van der Waals surface area contributed by atoms with E-state index in [0.29, 0.717) is 6.42 Å². The van der Waals surface area contributed by atoms with E-state index in [2.05, 4.69) is 16.3 Å². The Kier molecular flexibility index (Phi) is 5.09. The van der Waals surface area contributed by atoms with Gasteiger partial charge in [0.05, 0.1) is 24.5 Å². The third-order valence-electron chi connectivity index (χ3n) is 3.66. The molecule has 0 aromatic heterocycles. The smallest absolute Gasteiger partial charge is 0.311 e. The highest BCUT2D eigenvalue weighted by atomic mass is 16.6. The molecule has 0 unspecified atom stereocenters. The van der Waals surface area contributed by atoms with E-state index in [9.17, 15) is 10.1 Å². The van der Waals surface area contributed by atoms with Gasteiger partial charge in [-0.1, -0.05) is 6.07 Å². The summed E-state index contributed by atoms with van der Waals surface area (Å²) in [5.74, 6) is 0.236. The Morgan fingerprint density at radius 1 is 1.52 bits per heavy atom. The lowest BCUT2D eigenvalue weighted by molar-refractivity contribution is -0.385. The Balaban J connectivity index is 2.33. The van der Waals surface area contributed by atoms with Crippen molar-refractivity contribution in [3.8, 4) is 11.8 Å². The summed E-state index contributed by atoms with van der Waals surface area (Å²) >= 11 is 0. The van der Waals surface area contributed by atoms with Crippen molar-refractivity contribution in [1.82, 2.24) is 10.2 Å². The third kappa shape index (κ3) is 3.48. The second kappa shape index (κ2) is 7.02. The molecule has 1 atom stereocenters. The first-order valence-electron chi connectivity index (χ1n) is 6.81. The summed E-state index contributed by atoms with van der Waals surface area (Å²) in [6, 6.07) is 6.97. The van der Waals surface area contributed by atoms with Gasteiger partial charge in [-0.15, -0.1) is 0 Å². The van der Waals surface area contributed by atoms with Crippen LogP contribution >= 0.6 is 0 Å². The summed E-state index contributed by atoms with van der Waals surface area (Å²) in [4.78, 5) is 12.9. The molecular weight excluding hydrogens is 272 g/mol. The minimum atomic E-state index is -0.455. The zero-order chi connectivity index (χ0) is 15.2. The van der Waals surface area contributed by atoms with Gasteiger partial charge < -0.3 is 10.1 Å². The SMILES string of the molecule is COc1ccc([C@@H](CC#N)N2CCNCC2)cc1[N+](=O)[O-]. The monoisotopic (exact) mass is 290 g/mol. The number of nitriles is 1. The van der Waals surface area contributed by atoms with Gasteiger partial charge in [-0.3, -0.25) is 15.0 Å². The van der Waals surface area contributed by atoms with Crippen molar-refractivity contribution >= 4 is 5.69 Å². The number of nitrogens with zero attached hydrogens (tertiary/aromatic N) is 3. The maximum Gasteiger partial charge on any atom is 0.311 e. The lowest BCUT2D eigenvalue weighted by atomic mass is 10.0. The van der Waals surface area contributed by atoms with Crippen LogP contribution in [0, 0.1) is 21.4 Å². The molecule has 1 aliphatic heterocycles. The van der Waals surface area contributed by atoms with Crippen molar-refractivity contribution in [2.75, 3.05) is 33.3 Å². The van der Waals surface area contributed by atoms with E-state index in [0.717, 1.165) is 31.7 Å². The lowest BCUT2D eigenvalue weighted by Gasteiger charge is -2.34. The first-order chi connectivity index (χ1) is 10.2. The van der Waals surface area contributed by atoms with Crippen molar-refractivity contribution in [2.45, 2.75) is 12.5 Å². The maximum atomic E-state index is 11.1. The Labute approximate surface area is 123 Å². The summed E-state index contributed by atoms with van der Waals surface area (Å²) in [7, 11) is 1.41. The fourth-order valence-electron chi connectivity index (χ4n) is 2.60. The molecule has 0 aliphatic carbocycles. The summed E-state index contributed by atoms with van der Waals surface area (Å²) in [5, 5.41) is 23.4. The number of rotatable bonds is 5. The molecule has 1 heterocycles. The number of piperazine rings is 1. The van der Waals surface area contributed by atoms with Crippen molar-refractivity contribution in [3.05, 3.63) is 33.9 Å². The molecule has 1 aromatic rings. The van der Waals surface area contributed by atoms with Crippen LogP contribution in [0.25, 0.3) is 0 Å². The molecule has 0 radical (unpaired) electrons. The van der Waals surface area contributed by atoms with Gasteiger partial charge >= 0.3 is 5.69 Å². The Morgan fingerprint density at radius 3 is 2.81 bits per heavy atom. The van der Waals surface area contributed by atoms with Gasteiger partial charge in [0.2, 0.25) is 0 Å². The minimum absolute atomic E-state index is 0.0620. The number of nitro benzene ring substituents is 1. The molecule has 7 nitrogen and oxygen atoms in total. The molecule has 0 spiro atoms. The normalized spacial score (nSPS) is 17.0. The molecule has 0 amide bonds. The first-order valence-corrected chi connectivity index (χ1v) is 6.81. The van der Waals surface area contributed by atoms with Gasteiger partial charge in [0, 0.05) is 38.3 Å². The van der Waals surface area contributed by atoms with E-state index in [1.165, 1.54) is 13.2 Å². The Bertz CT molecular complexity index is 550. The van der Waals surface area contributed by atoms with Gasteiger partial charge in [0.1, 0.15) is 0 Å². The number of nitro groups is 1. The van der Waals surface area contributed by atoms with E-state index in [4.69, 9.17) is 10.00 Å². The molecule has 1 N–H and O–H groups in total. The van der Waals surface area contributed by atoms with Crippen LogP contribution in [0.5, 0.6) is 5.75 Å². The van der Waals surface area contributed by atoms with Gasteiger partial charge in [-0.25, -0.2) is 0 Å². The number of benzene rings is 1. The summed E-state index contributed by atoms with van der Waals surface area (Å²) in [6.07, 6.45) is 0.309. The van der Waals surface area contributed by atoms with Gasteiger partial charge in [0.15, 0.2) is 5.75 Å². The van der Waals surface area contributed by atoms with E-state index in [-0.39, 0.29) is 17.5 Å². The van der Waals surface area contributed by atoms with Gasteiger partial charge in [-0.05, 0) is 11.6 Å². The van der Waals surface area contributed by atoms with Crippen molar-refractivity contribution < 1.29 is 9.66 Å². The van der Waals surface area contributed by atoms with E-state index in [1.807, 2.05) is 0 Å². The van der Waals surface area contributed by atoms with Crippen molar-refractivity contribution in [1.29, 1.82) is 5.26 Å². The van der Waals surface area contributed by atoms with Crippen molar-refractivity contribution in [2.24, 2.45) is 0 Å². The zero-order valence-corrected chi connectivity index (χ0v) is 11.9. The molecule has 1 aromatic carbocycles. The van der Waals surface area contributed by atoms with Crippen LogP contribution in [0.2, 0.25) is 0 Å². The molecule has 7 heteroatoms. The van der Waals surface area contributed by atoms with E-state index >= 15 is 0 Å². The molecule has 1 saturated heterocycles. The second-order valence-electron chi connectivity index (χ2n) is 4.85. The molecule has 1 fully saturated rings. The van der Waals surface area contributed by atoms with E-state index in [1.54, 1.807) is 12.1 Å². The van der Waals surface area contributed by atoms with Gasteiger partial charge in [0.25, 0.3) is 0 Å². The number of ether oxygens (including phenoxy) is 1. The van der Waals surface area contributed by atoms with Gasteiger partial charge in [-0.2, -0.15) is 5.26 Å². The van der Waals surface area contributed by atoms with Crippen LogP contribution < -0.4 is 10.1 Å². The molecule has 21 heavy (non-hydrogen) atoms. The molecular formula is C14H18N4O3. The number of nitrogens with one attached hydrogen (secondary N) is 1. The summed E-state index contributed by atoms with van der Waals surface area (Å²) in [6.45, 7) is 3.37. The summed E-state index contributed by atoms with van der Waals surface area (Å²) in [5.41, 5.74) is 0.721. The fourth-order valence-corrected chi connectivity index (χ4v) is 2.60. The average molecular weight is 290 g/mol. The fraction of sp³-hybridized carbons (Fsp3) is 0.500. The topological polar surface area (TPSA) is 91.4 Å².